The molecule has 1 aliphatic heterocycles. The summed E-state index contributed by atoms with van der Waals surface area (Å²) in [5.74, 6) is 0.382. The number of rotatable bonds is 3. The first-order chi connectivity index (χ1) is 12.0. The van der Waals surface area contributed by atoms with Gasteiger partial charge in [0.1, 0.15) is 11.1 Å². The Morgan fingerprint density at radius 2 is 2.32 bits per heavy atom. The highest BCUT2D eigenvalue weighted by molar-refractivity contribution is 6.04. The minimum Gasteiger partial charge on any atom is -0.441 e. The predicted octanol–water partition coefficient (Wildman–Crippen LogP) is 1.40. The number of para-hydroxylation sites is 1. The molecule has 3 aromatic rings. The molecule has 4 rings (SSSR count). The third-order valence-corrected chi connectivity index (χ3v) is 4.53. The highest BCUT2D eigenvalue weighted by Crippen LogP contribution is 2.26. The topological polar surface area (TPSA) is 97.3 Å². The molecule has 1 aliphatic rings. The molecular formula is C17H19N5O3. The van der Waals surface area contributed by atoms with E-state index in [0.29, 0.717) is 42.1 Å². The normalized spacial score (nSPS) is 21.0. The van der Waals surface area contributed by atoms with Gasteiger partial charge in [0, 0.05) is 19.7 Å². The molecule has 0 saturated carbocycles. The number of likely N-dealkylation sites (tertiary alicyclic amines) is 1. The third-order valence-electron chi connectivity index (χ3n) is 4.53. The zero-order chi connectivity index (χ0) is 17.4. The van der Waals surface area contributed by atoms with Crippen LogP contribution in [0.3, 0.4) is 0 Å². The number of carbonyl (C=O) groups is 1. The van der Waals surface area contributed by atoms with Gasteiger partial charge >= 0.3 is 0 Å². The summed E-state index contributed by atoms with van der Waals surface area (Å²) in [6.45, 7) is 2.92. The van der Waals surface area contributed by atoms with Crippen molar-refractivity contribution in [1.82, 2.24) is 24.9 Å². The highest BCUT2D eigenvalue weighted by Gasteiger charge is 2.36. The van der Waals surface area contributed by atoms with E-state index in [-0.39, 0.29) is 12.5 Å². The minimum absolute atomic E-state index is 0.143. The van der Waals surface area contributed by atoms with Crippen molar-refractivity contribution in [3.05, 3.63) is 42.0 Å². The number of amides is 1. The Bertz CT molecular complexity index is 904. The van der Waals surface area contributed by atoms with E-state index in [1.165, 1.54) is 0 Å². The molecular weight excluding hydrogens is 322 g/mol. The van der Waals surface area contributed by atoms with Crippen LogP contribution in [0.5, 0.6) is 0 Å². The van der Waals surface area contributed by atoms with E-state index in [9.17, 15) is 9.90 Å². The van der Waals surface area contributed by atoms with E-state index in [0.717, 1.165) is 6.42 Å². The number of fused-ring (bicyclic) bond motifs is 1. The van der Waals surface area contributed by atoms with Crippen LogP contribution in [0.25, 0.3) is 11.1 Å². The minimum atomic E-state index is -1.02. The number of carbonyl (C=O) groups excluding carboxylic acids is 1. The molecule has 8 heteroatoms. The second kappa shape index (κ2) is 5.96. The quantitative estimate of drug-likeness (QED) is 0.773. The zero-order valence-corrected chi connectivity index (χ0v) is 13.9. The Labute approximate surface area is 144 Å². The molecule has 1 fully saturated rings. The standard InChI is InChI=1S/C17H19N5O3/c1-12-19-15-13(4-2-5-14(15)25-12)16(23)21-8-3-6-17(24,10-21)11-22-9-7-18-20-22/h2,4-5,7,9,24H,3,6,8,10-11H2,1H3. The van der Waals surface area contributed by atoms with Crippen LogP contribution in [0, 0.1) is 6.92 Å². The molecule has 25 heavy (non-hydrogen) atoms. The smallest absolute Gasteiger partial charge is 0.256 e. The van der Waals surface area contributed by atoms with E-state index in [2.05, 4.69) is 15.3 Å². The first-order valence-corrected chi connectivity index (χ1v) is 8.26. The van der Waals surface area contributed by atoms with Crippen molar-refractivity contribution in [2.75, 3.05) is 13.1 Å². The average molecular weight is 341 g/mol. The van der Waals surface area contributed by atoms with Gasteiger partial charge in [-0.1, -0.05) is 11.3 Å². The largest absolute Gasteiger partial charge is 0.441 e. The molecule has 0 spiro atoms. The van der Waals surface area contributed by atoms with Crippen molar-refractivity contribution < 1.29 is 14.3 Å². The number of benzene rings is 1. The van der Waals surface area contributed by atoms with Crippen molar-refractivity contribution >= 4 is 17.0 Å². The van der Waals surface area contributed by atoms with Gasteiger partial charge < -0.3 is 14.4 Å². The zero-order valence-electron chi connectivity index (χ0n) is 13.9. The Morgan fingerprint density at radius 1 is 1.44 bits per heavy atom. The van der Waals surface area contributed by atoms with Gasteiger partial charge in [-0.3, -0.25) is 4.79 Å². The van der Waals surface area contributed by atoms with Crippen molar-refractivity contribution in [3.63, 3.8) is 0 Å². The van der Waals surface area contributed by atoms with Gasteiger partial charge in [0.15, 0.2) is 11.5 Å². The van der Waals surface area contributed by atoms with Crippen molar-refractivity contribution in [2.45, 2.75) is 31.9 Å². The summed E-state index contributed by atoms with van der Waals surface area (Å²) in [5, 5.41) is 18.6. The summed E-state index contributed by atoms with van der Waals surface area (Å²) in [7, 11) is 0. The van der Waals surface area contributed by atoms with Gasteiger partial charge in [0.25, 0.3) is 5.91 Å². The van der Waals surface area contributed by atoms with Crippen LogP contribution in [0.2, 0.25) is 0 Å². The summed E-state index contributed by atoms with van der Waals surface area (Å²) >= 11 is 0. The Morgan fingerprint density at radius 3 is 3.12 bits per heavy atom. The maximum atomic E-state index is 13.0. The lowest BCUT2D eigenvalue weighted by atomic mass is 9.92. The van der Waals surface area contributed by atoms with Crippen LogP contribution < -0.4 is 0 Å². The number of nitrogens with zero attached hydrogens (tertiary/aromatic N) is 5. The van der Waals surface area contributed by atoms with E-state index >= 15 is 0 Å². The number of oxazole rings is 1. The van der Waals surface area contributed by atoms with Crippen molar-refractivity contribution in [2.24, 2.45) is 0 Å². The molecule has 1 atom stereocenters. The maximum Gasteiger partial charge on any atom is 0.256 e. The SMILES string of the molecule is Cc1nc2c(C(=O)N3CCCC(O)(Cn4ccnn4)C3)cccc2o1. The number of aliphatic hydroxyl groups is 1. The summed E-state index contributed by atoms with van der Waals surface area (Å²) in [6.07, 6.45) is 4.62. The molecule has 2 aromatic heterocycles. The summed E-state index contributed by atoms with van der Waals surface area (Å²) in [5.41, 5.74) is 0.642. The second-order valence-electron chi connectivity index (χ2n) is 6.54. The molecule has 1 saturated heterocycles. The summed E-state index contributed by atoms with van der Waals surface area (Å²) < 4.78 is 7.10. The van der Waals surface area contributed by atoms with E-state index in [4.69, 9.17) is 4.42 Å². The lowest BCUT2D eigenvalue weighted by molar-refractivity contribution is -0.0387. The monoisotopic (exact) mass is 341 g/mol. The molecule has 130 valence electrons. The average Bonchev–Trinajstić information content (AvgIpc) is 3.21. The number of β-amino-alcohol motifs (C(OH)–C–C–N with tert-alkyl or cyclic N) is 1. The highest BCUT2D eigenvalue weighted by atomic mass is 16.3. The first kappa shape index (κ1) is 15.8. The lowest BCUT2D eigenvalue weighted by Crippen LogP contribution is -2.52. The van der Waals surface area contributed by atoms with Crippen LogP contribution in [-0.4, -0.2) is 54.6 Å². The van der Waals surface area contributed by atoms with E-state index < -0.39 is 5.60 Å². The Balaban J connectivity index is 1.59. The van der Waals surface area contributed by atoms with E-state index in [1.807, 2.05) is 0 Å². The van der Waals surface area contributed by atoms with Crippen LogP contribution in [0.4, 0.5) is 0 Å². The summed E-state index contributed by atoms with van der Waals surface area (Å²) in [6, 6.07) is 5.33. The number of piperidine rings is 1. The Kier molecular flexibility index (Phi) is 3.76. The van der Waals surface area contributed by atoms with Crippen LogP contribution >= 0.6 is 0 Å². The van der Waals surface area contributed by atoms with E-state index in [1.54, 1.807) is 47.1 Å². The van der Waals surface area contributed by atoms with Gasteiger partial charge in [-0.05, 0) is 25.0 Å². The number of aryl methyl sites for hydroxylation is 1. The predicted molar refractivity (Wildman–Crippen MR) is 88.9 cm³/mol. The molecule has 0 aliphatic carbocycles. The van der Waals surface area contributed by atoms with Gasteiger partial charge in [-0.25, -0.2) is 9.67 Å². The number of aromatic nitrogens is 4. The molecule has 0 bridgehead atoms. The fraction of sp³-hybridized carbons (Fsp3) is 0.412. The molecule has 8 nitrogen and oxygen atoms in total. The summed E-state index contributed by atoms with van der Waals surface area (Å²) in [4.78, 5) is 19.0. The van der Waals surface area contributed by atoms with Crippen LogP contribution in [0.1, 0.15) is 29.1 Å². The molecule has 3 heterocycles. The molecule has 0 radical (unpaired) electrons. The van der Waals surface area contributed by atoms with Gasteiger partial charge in [-0.15, -0.1) is 5.10 Å². The van der Waals surface area contributed by atoms with Crippen molar-refractivity contribution in [3.8, 4) is 0 Å². The maximum absolute atomic E-state index is 13.0. The number of hydrogen-bond donors (Lipinski definition) is 1. The molecule has 1 amide bonds. The lowest BCUT2D eigenvalue weighted by Gasteiger charge is -2.39. The third kappa shape index (κ3) is 3.00. The van der Waals surface area contributed by atoms with Gasteiger partial charge in [-0.2, -0.15) is 0 Å². The second-order valence-corrected chi connectivity index (χ2v) is 6.54. The fourth-order valence-corrected chi connectivity index (χ4v) is 3.44. The van der Waals surface area contributed by atoms with Crippen LogP contribution in [-0.2, 0) is 6.54 Å². The first-order valence-electron chi connectivity index (χ1n) is 8.26. The van der Waals surface area contributed by atoms with Crippen LogP contribution in [0.15, 0.2) is 35.0 Å². The Hall–Kier alpha value is -2.74. The van der Waals surface area contributed by atoms with Gasteiger partial charge in [0.2, 0.25) is 0 Å². The van der Waals surface area contributed by atoms with Gasteiger partial charge in [0.05, 0.1) is 24.8 Å². The number of hydrogen-bond acceptors (Lipinski definition) is 6. The fourth-order valence-electron chi connectivity index (χ4n) is 3.44. The van der Waals surface area contributed by atoms with Crippen molar-refractivity contribution in [1.29, 1.82) is 0 Å². The molecule has 1 aromatic carbocycles. The molecule has 1 N–H and O–H groups in total. The molecule has 1 unspecified atom stereocenters.